The summed E-state index contributed by atoms with van der Waals surface area (Å²) in [5.41, 5.74) is 0.597. The minimum atomic E-state index is -0.686. The van der Waals surface area contributed by atoms with E-state index in [9.17, 15) is 9.59 Å². The number of likely N-dealkylation sites (N-methyl/N-ethyl adjacent to an activating group) is 1. The van der Waals surface area contributed by atoms with Crippen LogP contribution in [-0.4, -0.2) is 44.1 Å². The number of amides is 4. The molecule has 0 aliphatic rings. The zero-order valence-corrected chi connectivity index (χ0v) is 11.0. The second-order valence-corrected chi connectivity index (χ2v) is 4.03. The van der Waals surface area contributed by atoms with Crippen molar-refractivity contribution in [3.8, 4) is 0 Å². The molecule has 0 atom stereocenters. The van der Waals surface area contributed by atoms with Gasteiger partial charge in [0.1, 0.15) is 0 Å². The number of anilines is 1. The van der Waals surface area contributed by atoms with Crippen LogP contribution in [0.4, 0.5) is 15.3 Å². The van der Waals surface area contributed by atoms with Crippen molar-refractivity contribution in [3.05, 3.63) is 30.3 Å². The Hall–Kier alpha value is -2.28. The maximum absolute atomic E-state index is 11.3. The van der Waals surface area contributed by atoms with Gasteiger partial charge in [0, 0.05) is 18.8 Å². The van der Waals surface area contributed by atoms with E-state index in [-0.39, 0.29) is 0 Å². The summed E-state index contributed by atoms with van der Waals surface area (Å²) in [7, 11) is 3.78. The second kappa shape index (κ2) is 7.93. The van der Waals surface area contributed by atoms with E-state index in [4.69, 9.17) is 0 Å². The average molecular weight is 263 g/mol. The van der Waals surface area contributed by atoms with Crippen molar-refractivity contribution >= 4 is 17.7 Å². The first-order valence-electron chi connectivity index (χ1n) is 5.78. The third-order valence-corrected chi connectivity index (χ3v) is 2.09. The number of hydrogen-bond donors (Lipinski definition) is 2. The van der Waals surface area contributed by atoms with Gasteiger partial charge in [0.2, 0.25) is 0 Å². The van der Waals surface area contributed by atoms with E-state index < -0.39 is 12.1 Å². The molecular weight excluding hydrogens is 246 g/mol. The van der Waals surface area contributed by atoms with Crippen molar-refractivity contribution in [1.29, 1.82) is 0 Å². The molecule has 0 saturated heterocycles. The molecule has 0 aliphatic heterocycles. The molecule has 102 valence electrons. The fraction of sp³-hybridized carbons (Fsp3) is 0.333. The number of rotatable bonds is 4. The molecule has 0 unspecified atom stereocenters. The van der Waals surface area contributed by atoms with Crippen LogP contribution in [0.2, 0.25) is 0 Å². The zero-order chi connectivity index (χ0) is 14.1. The molecule has 0 spiro atoms. The van der Waals surface area contributed by atoms with Gasteiger partial charge in [0.25, 0.3) is 0 Å². The highest BCUT2D eigenvalue weighted by molar-refractivity contribution is 5.90. The molecule has 0 saturated carbocycles. The van der Waals surface area contributed by atoms with E-state index in [0.717, 1.165) is 0 Å². The standard InChI is InChI=1S/C12H17N5O2/c1-17(2)9-8-13-11(18)15-16-12(19)14-10-6-4-3-5-7-10/h3-7H,8-9H2,1-2H3,(H,13,18)(H,14,19). The average Bonchev–Trinajstić information content (AvgIpc) is 2.37. The molecule has 1 aromatic carbocycles. The quantitative estimate of drug-likeness (QED) is 0.814. The van der Waals surface area contributed by atoms with Crippen LogP contribution in [0.15, 0.2) is 40.6 Å². The predicted molar refractivity (Wildman–Crippen MR) is 72.3 cm³/mol. The van der Waals surface area contributed by atoms with Gasteiger partial charge in [0.15, 0.2) is 0 Å². The molecule has 1 rings (SSSR count). The highest BCUT2D eigenvalue weighted by Crippen LogP contribution is 2.05. The summed E-state index contributed by atoms with van der Waals surface area (Å²) in [6.45, 7) is 1.14. The van der Waals surface area contributed by atoms with Crippen molar-refractivity contribution in [2.24, 2.45) is 10.2 Å². The molecular formula is C12H17N5O2. The first-order valence-corrected chi connectivity index (χ1v) is 5.78. The number of benzene rings is 1. The molecule has 0 heterocycles. The Bertz CT molecular complexity index is 445. The lowest BCUT2D eigenvalue weighted by Crippen LogP contribution is -2.29. The maximum atomic E-state index is 11.3. The van der Waals surface area contributed by atoms with Crippen molar-refractivity contribution in [1.82, 2.24) is 10.2 Å². The largest absolute Gasteiger partial charge is 0.364 e. The third-order valence-electron chi connectivity index (χ3n) is 2.09. The Morgan fingerprint density at radius 1 is 1.11 bits per heavy atom. The number of nitrogens with zero attached hydrogens (tertiary/aromatic N) is 3. The lowest BCUT2D eigenvalue weighted by Gasteiger charge is -2.08. The number of urea groups is 2. The summed E-state index contributed by atoms with van der Waals surface area (Å²) in [4.78, 5) is 24.5. The highest BCUT2D eigenvalue weighted by Gasteiger charge is 2.01. The fourth-order valence-electron chi connectivity index (χ4n) is 1.18. The van der Waals surface area contributed by atoms with Gasteiger partial charge in [-0.1, -0.05) is 28.4 Å². The van der Waals surface area contributed by atoms with Crippen LogP contribution in [0.1, 0.15) is 0 Å². The first-order chi connectivity index (χ1) is 9.08. The van der Waals surface area contributed by atoms with E-state index in [0.29, 0.717) is 18.8 Å². The number of nitrogens with one attached hydrogen (secondary N) is 2. The van der Waals surface area contributed by atoms with Crippen molar-refractivity contribution in [2.45, 2.75) is 0 Å². The van der Waals surface area contributed by atoms with Gasteiger partial charge < -0.3 is 15.5 Å². The summed E-state index contributed by atoms with van der Waals surface area (Å²) >= 11 is 0. The van der Waals surface area contributed by atoms with Crippen LogP contribution in [0.3, 0.4) is 0 Å². The molecule has 0 radical (unpaired) electrons. The van der Waals surface area contributed by atoms with E-state index >= 15 is 0 Å². The molecule has 0 aliphatic carbocycles. The number of azo groups is 1. The number of para-hydroxylation sites is 1. The van der Waals surface area contributed by atoms with Gasteiger partial charge in [0.05, 0.1) is 0 Å². The topological polar surface area (TPSA) is 86.2 Å². The predicted octanol–water partition coefficient (Wildman–Crippen LogP) is 1.94. The Labute approximate surface area is 111 Å². The SMILES string of the molecule is CN(C)CCNC(=O)N=NC(=O)Nc1ccccc1. The van der Waals surface area contributed by atoms with Crippen molar-refractivity contribution in [3.63, 3.8) is 0 Å². The smallest absolute Gasteiger partial charge is 0.334 e. The van der Waals surface area contributed by atoms with Crippen LogP contribution in [-0.2, 0) is 0 Å². The molecule has 19 heavy (non-hydrogen) atoms. The molecule has 7 heteroatoms. The minimum absolute atomic E-state index is 0.450. The summed E-state index contributed by atoms with van der Waals surface area (Å²) < 4.78 is 0. The fourth-order valence-corrected chi connectivity index (χ4v) is 1.18. The molecule has 0 bridgehead atoms. The van der Waals surface area contributed by atoms with Crippen LogP contribution in [0, 0.1) is 0 Å². The van der Waals surface area contributed by atoms with Crippen LogP contribution in [0.25, 0.3) is 0 Å². The molecule has 0 fully saturated rings. The van der Waals surface area contributed by atoms with Crippen LogP contribution in [0.5, 0.6) is 0 Å². The molecule has 1 aromatic rings. The Kier molecular flexibility index (Phi) is 6.17. The Balaban J connectivity index is 2.31. The lowest BCUT2D eigenvalue weighted by atomic mass is 10.3. The first kappa shape index (κ1) is 14.8. The maximum Gasteiger partial charge on any atom is 0.364 e. The van der Waals surface area contributed by atoms with Crippen LogP contribution < -0.4 is 10.6 Å². The van der Waals surface area contributed by atoms with Gasteiger partial charge in [-0.3, -0.25) is 0 Å². The summed E-state index contributed by atoms with van der Waals surface area (Å²) in [5.74, 6) is 0. The molecule has 0 aromatic heterocycles. The van der Waals surface area contributed by atoms with E-state index in [1.807, 2.05) is 25.1 Å². The van der Waals surface area contributed by atoms with E-state index in [1.54, 1.807) is 24.3 Å². The molecule has 4 amide bonds. The molecule has 2 N–H and O–H groups in total. The summed E-state index contributed by atoms with van der Waals surface area (Å²) in [6.07, 6.45) is 0. The second-order valence-electron chi connectivity index (χ2n) is 4.03. The highest BCUT2D eigenvalue weighted by atomic mass is 16.2. The lowest BCUT2D eigenvalue weighted by molar-refractivity contribution is 0.243. The van der Waals surface area contributed by atoms with Gasteiger partial charge >= 0.3 is 12.1 Å². The normalized spacial score (nSPS) is 10.7. The van der Waals surface area contributed by atoms with Gasteiger partial charge in [-0.05, 0) is 26.2 Å². The van der Waals surface area contributed by atoms with Crippen LogP contribution >= 0.6 is 0 Å². The molecule has 7 nitrogen and oxygen atoms in total. The van der Waals surface area contributed by atoms with Crippen molar-refractivity contribution < 1.29 is 9.59 Å². The number of carbonyl (C=O) groups excluding carboxylic acids is 2. The van der Waals surface area contributed by atoms with E-state index in [2.05, 4.69) is 20.9 Å². The third kappa shape index (κ3) is 6.89. The van der Waals surface area contributed by atoms with Gasteiger partial charge in [-0.15, -0.1) is 0 Å². The number of hydrogen-bond acceptors (Lipinski definition) is 3. The minimum Gasteiger partial charge on any atom is -0.334 e. The summed E-state index contributed by atoms with van der Waals surface area (Å²) in [5, 5.41) is 11.5. The zero-order valence-electron chi connectivity index (χ0n) is 11.0. The van der Waals surface area contributed by atoms with Gasteiger partial charge in [-0.2, -0.15) is 0 Å². The monoisotopic (exact) mass is 263 g/mol. The van der Waals surface area contributed by atoms with E-state index in [1.165, 1.54) is 0 Å². The van der Waals surface area contributed by atoms with Gasteiger partial charge in [-0.25, -0.2) is 9.59 Å². The Morgan fingerprint density at radius 2 is 1.74 bits per heavy atom. The van der Waals surface area contributed by atoms with Crippen molar-refractivity contribution in [2.75, 3.05) is 32.5 Å². The number of carbonyl (C=O) groups is 2. The summed E-state index contributed by atoms with van der Waals surface area (Å²) in [6, 6.07) is 7.49. The Morgan fingerprint density at radius 3 is 2.37 bits per heavy atom.